The van der Waals surface area contributed by atoms with Crippen molar-refractivity contribution in [1.82, 2.24) is 4.57 Å². The summed E-state index contributed by atoms with van der Waals surface area (Å²) in [5, 5.41) is 0. The predicted molar refractivity (Wildman–Crippen MR) is 101 cm³/mol. The molecule has 0 fully saturated rings. The Balaban J connectivity index is 2.21. The van der Waals surface area contributed by atoms with E-state index in [0.29, 0.717) is 0 Å². The van der Waals surface area contributed by atoms with Gasteiger partial charge in [-0.3, -0.25) is 0 Å². The zero-order valence-electron chi connectivity index (χ0n) is 16.2. The van der Waals surface area contributed by atoms with E-state index in [1.54, 1.807) is 0 Å². The third-order valence-electron chi connectivity index (χ3n) is 4.91. The molecule has 1 aromatic heterocycles. The highest BCUT2D eigenvalue weighted by Crippen LogP contribution is 2.09. The molecule has 0 aliphatic carbocycles. The zero-order valence-corrected chi connectivity index (χ0v) is 16.2. The summed E-state index contributed by atoms with van der Waals surface area (Å²) in [6.45, 7) is 9.28. The Kier molecular flexibility index (Phi) is 12.0. The smallest absolute Gasteiger partial charge is 0.234 e. The number of aryl methyl sites for hydroxylation is 2. The Labute approximate surface area is 145 Å². The van der Waals surface area contributed by atoms with E-state index < -0.39 is 0 Å². The van der Waals surface area contributed by atoms with Crippen LogP contribution in [0.1, 0.15) is 104 Å². The van der Waals surface area contributed by atoms with Gasteiger partial charge < -0.3 is 0 Å². The molecule has 134 valence electrons. The molecule has 0 aromatic carbocycles. The highest BCUT2D eigenvalue weighted by Gasteiger charge is 2.14. The highest BCUT2D eigenvalue weighted by atomic mass is 15.1. The van der Waals surface area contributed by atoms with E-state index in [1.807, 2.05) is 0 Å². The summed E-state index contributed by atoms with van der Waals surface area (Å²) < 4.78 is 4.98. The number of aromatic nitrogens is 2. The van der Waals surface area contributed by atoms with Gasteiger partial charge in [-0.25, -0.2) is 9.13 Å². The lowest BCUT2D eigenvalue weighted by Gasteiger charge is -2.04. The first-order chi connectivity index (χ1) is 11.3. The van der Waals surface area contributed by atoms with Crippen molar-refractivity contribution in [2.45, 2.75) is 117 Å². The van der Waals surface area contributed by atoms with Gasteiger partial charge in [-0.05, 0) is 25.7 Å². The molecule has 1 rings (SSSR count). The largest absolute Gasteiger partial charge is 0.256 e. The van der Waals surface area contributed by atoms with Crippen LogP contribution in [0.5, 0.6) is 0 Å². The van der Waals surface area contributed by atoms with Crippen LogP contribution in [0, 0.1) is 0 Å². The number of hydrogen-bond acceptors (Lipinski definition) is 0. The van der Waals surface area contributed by atoms with Gasteiger partial charge in [0, 0.05) is 6.42 Å². The first-order valence-electron chi connectivity index (χ1n) is 10.4. The molecule has 0 amide bonds. The molecule has 1 aromatic rings. The van der Waals surface area contributed by atoms with Crippen molar-refractivity contribution in [3.05, 3.63) is 18.2 Å². The number of rotatable bonds is 15. The molecule has 0 bridgehead atoms. The molecule has 2 nitrogen and oxygen atoms in total. The Hall–Kier alpha value is -0.790. The Morgan fingerprint density at radius 1 is 0.739 bits per heavy atom. The molecule has 0 spiro atoms. The second kappa shape index (κ2) is 13.6. The summed E-state index contributed by atoms with van der Waals surface area (Å²) in [5.74, 6) is 1.52. The van der Waals surface area contributed by atoms with Crippen LogP contribution in [0.4, 0.5) is 0 Å². The van der Waals surface area contributed by atoms with Gasteiger partial charge in [0.05, 0.1) is 13.1 Å². The van der Waals surface area contributed by atoms with Crippen molar-refractivity contribution in [3.63, 3.8) is 0 Å². The van der Waals surface area contributed by atoms with Crippen molar-refractivity contribution >= 4 is 0 Å². The zero-order chi connectivity index (χ0) is 16.8. The second-order valence-electron chi connectivity index (χ2n) is 6.99. The summed E-state index contributed by atoms with van der Waals surface area (Å²) in [7, 11) is 0. The molecule has 1 heterocycles. The Bertz CT molecular complexity index is 381. The Morgan fingerprint density at radius 2 is 1.30 bits per heavy atom. The SMILES string of the molecule is CCCCCCCCCC[n+]1ccn(CCCCCC)c1CC. The molecule has 0 radical (unpaired) electrons. The van der Waals surface area contributed by atoms with Gasteiger partial charge in [0.2, 0.25) is 0 Å². The quantitative estimate of drug-likeness (QED) is 0.274. The minimum atomic E-state index is 1.15. The molecule has 2 heteroatoms. The minimum Gasteiger partial charge on any atom is -0.234 e. The summed E-state index contributed by atoms with van der Waals surface area (Å²) >= 11 is 0. The number of unbranched alkanes of at least 4 members (excludes halogenated alkanes) is 10. The van der Waals surface area contributed by atoms with E-state index >= 15 is 0 Å². The molecule has 0 saturated carbocycles. The highest BCUT2D eigenvalue weighted by molar-refractivity contribution is 4.83. The predicted octanol–water partition coefficient (Wildman–Crippen LogP) is 6.06. The fourth-order valence-electron chi connectivity index (χ4n) is 3.44. The van der Waals surface area contributed by atoms with Crippen LogP contribution < -0.4 is 4.57 Å². The molecule has 0 aliphatic rings. The standard InChI is InChI=1S/C21H41N2/c1-4-7-9-11-12-13-14-16-18-23-20-19-22(21(23)6-3)17-15-10-8-5-2/h19-20H,4-18H2,1-3H3/q+1. The van der Waals surface area contributed by atoms with Crippen LogP contribution in [0.3, 0.4) is 0 Å². The fraction of sp³-hybridized carbons (Fsp3) is 0.857. The molecular weight excluding hydrogens is 280 g/mol. The van der Waals surface area contributed by atoms with Crippen LogP contribution in [0.15, 0.2) is 12.4 Å². The summed E-state index contributed by atoms with van der Waals surface area (Å²) in [5.41, 5.74) is 0. The van der Waals surface area contributed by atoms with Gasteiger partial charge in [0.1, 0.15) is 12.4 Å². The van der Waals surface area contributed by atoms with Crippen LogP contribution in [0.2, 0.25) is 0 Å². The summed E-state index contributed by atoms with van der Waals surface area (Å²) in [4.78, 5) is 0. The second-order valence-corrected chi connectivity index (χ2v) is 6.99. The van der Waals surface area contributed by atoms with Gasteiger partial charge in [0.15, 0.2) is 0 Å². The van der Waals surface area contributed by atoms with Gasteiger partial charge in [-0.15, -0.1) is 0 Å². The lowest BCUT2D eigenvalue weighted by molar-refractivity contribution is -0.704. The molecule has 0 saturated heterocycles. The Morgan fingerprint density at radius 3 is 1.91 bits per heavy atom. The molecule has 0 aliphatic heterocycles. The van der Waals surface area contributed by atoms with Crippen LogP contribution >= 0.6 is 0 Å². The molecular formula is C21H41N2+. The molecule has 23 heavy (non-hydrogen) atoms. The number of imidazole rings is 1. The average molecular weight is 322 g/mol. The normalized spacial score (nSPS) is 11.3. The first-order valence-corrected chi connectivity index (χ1v) is 10.4. The monoisotopic (exact) mass is 321 g/mol. The maximum absolute atomic E-state index is 2.50. The van der Waals surface area contributed by atoms with E-state index in [0.717, 1.165) is 6.42 Å². The maximum atomic E-state index is 2.50. The van der Waals surface area contributed by atoms with E-state index in [-0.39, 0.29) is 0 Å². The lowest BCUT2D eigenvalue weighted by atomic mass is 10.1. The van der Waals surface area contributed by atoms with E-state index in [1.165, 1.54) is 96.0 Å². The topological polar surface area (TPSA) is 8.81 Å². The van der Waals surface area contributed by atoms with Crippen molar-refractivity contribution in [1.29, 1.82) is 0 Å². The van der Waals surface area contributed by atoms with Crippen LogP contribution in [-0.4, -0.2) is 4.57 Å². The van der Waals surface area contributed by atoms with Crippen LogP contribution in [-0.2, 0) is 19.5 Å². The van der Waals surface area contributed by atoms with Gasteiger partial charge in [-0.1, -0.05) is 72.1 Å². The third kappa shape index (κ3) is 8.58. The first kappa shape index (κ1) is 20.3. The lowest BCUT2D eigenvalue weighted by Crippen LogP contribution is -2.37. The third-order valence-corrected chi connectivity index (χ3v) is 4.91. The van der Waals surface area contributed by atoms with E-state index in [4.69, 9.17) is 0 Å². The van der Waals surface area contributed by atoms with Gasteiger partial charge >= 0.3 is 0 Å². The fourth-order valence-corrected chi connectivity index (χ4v) is 3.44. The minimum absolute atomic E-state index is 1.15. The molecule has 0 atom stereocenters. The van der Waals surface area contributed by atoms with Gasteiger partial charge in [0.25, 0.3) is 5.82 Å². The van der Waals surface area contributed by atoms with Crippen molar-refractivity contribution < 1.29 is 4.57 Å². The molecule has 0 N–H and O–H groups in total. The maximum Gasteiger partial charge on any atom is 0.256 e. The van der Waals surface area contributed by atoms with Crippen molar-refractivity contribution in [3.8, 4) is 0 Å². The van der Waals surface area contributed by atoms with E-state index in [2.05, 4.69) is 42.3 Å². The summed E-state index contributed by atoms with van der Waals surface area (Å²) in [6, 6.07) is 0. The van der Waals surface area contributed by atoms with Crippen molar-refractivity contribution in [2.24, 2.45) is 0 Å². The number of nitrogens with zero attached hydrogens (tertiary/aromatic N) is 2. The number of hydrogen-bond donors (Lipinski definition) is 0. The van der Waals surface area contributed by atoms with Gasteiger partial charge in [-0.2, -0.15) is 0 Å². The average Bonchev–Trinajstić information content (AvgIpc) is 2.96. The van der Waals surface area contributed by atoms with E-state index in [9.17, 15) is 0 Å². The summed E-state index contributed by atoms with van der Waals surface area (Å²) in [6.07, 6.45) is 22.4. The van der Waals surface area contributed by atoms with Crippen LogP contribution in [0.25, 0.3) is 0 Å². The van der Waals surface area contributed by atoms with Crippen molar-refractivity contribution in [2.75, 3.05) is 0 Å². The molecule has 0 unspecified atom stereocenters.